The molecule has 7 nitrogen and oxygen atoms in total. The molecule has 0 aliphatic carbocycles. The van der Waals surface area contributed by atoms with Crippen molar-refractivity contribution in [1.29, 1.82) is 0 Å². The Morgan fingerprint density at radius 1 is 1.36 bits per heavy atom. The molecule has 8 heteroatoms. The number of aryl methyl sites for hydroxylation is 1. The summed E-state index contributed by atoms with van der Waals surface area (Å²) in [5, 5.41) is 18.6. The first-order valence-corrected chi connectivity index (χ1v) is 6.62. The molecule has 0 amide bonds. The third-order valence-corrected chi connectivity index (χ3v) is 3.62. The molecule has 0 spiro atoms. The number of aromatic nitrogens is 3. The van der Waals surface area contributed by atoms with Gasteiger partial charge in [-0.2, -0.15) is 5.10 Å². The van der Waals surface area contributed by atoms with Gasteiger partial charge < -0.3 is 9.94 Å². The fourth-order valence-electron chi connectivity index (χ4n) is 2.39. The van der Waals surface area contributed by atoms with Crippen molar-refractivity contribution < 1.29 is 14.7 Å². The van der Waals surface area contributed by atoms with Gasteiger partial charge in [0, 0.05) is 15.8 Å². The van der Waals surface area contributed by atoms with Crippen LogP contribution in [0, 0.1) is 6.92 Å². The number of hydrogen-bond acceptors (Lipinski definition) is 6. The van der Waals surface area contributed by atoms with E-state index in [4.69, 9.17) is 16.3 Å². The lowest BCUT2D eigenvalue weighted by molar-refractivity contribution is 0.0601. The summed E-state index contributed by atoms with van der Waals surface area (Å²) in [6, 6.07) is 4.55. The number of hydrogen-bond donors (Lipinski definition) is 1. The van der Waals surface area contributed by atoms with Gasteiger partial charge >= 0.3 is 11.5 Å². The highest BCUT2D eigenvalue weighted by Crippen LogP contribution is 2.28. The number of esters is 1. The van der Waals surface area contributed by atoms with E-state index in [0.29, 0.717) is 20.8 Å². The number of halogens is 1. The van der Waals surface area contributed by atoms with Crippen molar-refractivity contribution in [2.75, 3.05) is 7.11 Å². The second-order valence-electron chi connectivity index (χ2n) is 4.65. The number of nitrogens with zero attached hydrogens (tertiary/aromatic N) is 3. The molecule has 0 saturated carbocycles. The number of methoxy groups -OCH3 is 1. The number of fused-ring (bicyclic) bond motifs is 3. The zero-order chi connectivity index (χ0) is 16.0. The normalized spacial score (nSPS) is 11.0. The van der Waals surface area contributed by atoms with Crippen LogP contribution in [-0.2, 0) is 4.74 Å². The van der Waals surface area contributed by atoms with Crippen molar-refractivity contribution in [1.82, 2.24) is 14.9 Å². The van der Waals surface area contributed by atoms with E-state index < -0.39 is 11.5 Å². The van der Waals surface area contributed by atoms with Gasteiger partial charge in [-0.05, 0) is 25.1 Å². The van der Waals surface area contributed by atoms with Crippen molar-refractivity contribution in [3.05, 3.63) is 44.8 Å². The van der Waals surface area contributed by atoms with Crippen molar-refractivity contribution >= 4 is 39.4 Å². The molecule has 0 radical (unpaired) electrons. The second-order valence-corrected chi connectivity index (χ2v) is 5.09. The Morgan fingerprint density at radius 3 is 2.77 bits per heavy atom. The number of rotatable bonds is 1. The molecule has 22 heavy (non-hydrogen) atoms. The summed E-state index contributed by atoms with van der Waals surface area (Å²) in [5.74, 6) is -0.645. The van der Waals surface area contributed by atoms with Crippen LogP contribution in [0.2, 0.25) is 5.02 Å². The largest absolute Gasteiger partial charge is 0.465 e. The second kappa shape index (κ2) is 4.96. The van der Waals surface area contributed by atoms with Crippen LogP contribution in [-0.4, -0.2) is 33.2 Å². The van der Waals surface area contributed by atoms with E-state index in [9.17, 15) is 14.8 Å². The summed E-state index contributed by atoms with van der Waals surface area (Å²) in [7, 11) is 1.23. The molecule has 0 atom stereocenters. The number of benzene rings is 1. The average molecular weight is 320 g/mol. The van der Waals surface area contributed by atoms with E-state index in [1.165, 1.54) is 19.2 Å². The Labute approximate surface area is 128 Å². The Balaban J connectivity index is 2.69. The molecule has 3 aromatic rings. The summed E-state index contributed by atoms with van der Waals surface area (Å²) in [6.07, 6.45) is 0. The molecule has 1 aromatic carbocycles. The molecule has 112 valence electrons. The number of carbonyl (C=O) groups is 1. The molecular formula is C14H10ClN3O4. The van der Waals surface area contributed by atoms with Crippen LogP contribution < -0.4 is 5.56 Å². The lowest BCUT2D eigenvalue weighted by Gasteiger charge is -2.11. The van der Waals surface area contributed by atoms with Gasteiger partial charge in [-0.25, -0.2) is 4.79 Å². The first-order chi connectivity index (χ1) is 10.5. The summed E-state index contributed by atoms with van der Waals surface area (Å²) < 4.78 is 5.22. The van der Waals surface area contributed by atoms with Gasteiger partial charge in [0.2, 0.25) is 0 Å². The molecule has 2 aromatic heterocycles. The van der Waals surface area contributed by atoms with E-state index in [1.807, 2.05) is 0 Å². The fraction of sp³-hybridized carbons (Fsp3) is 0.143. The van der Waals surface area contributed by atoms with Crippen LogP contribution in [0.1, 0.15) is 16.1 Å². The van der Waals surface area contributed by atoms with Gasteiger partial charge in [0.25, 0.3) is 0 Å². The number of ether oxygens (including phenoxy) is 1. The van der Waals surface area contributed by atoms with E-state index in [-0.39, 0.29) is 22.0 Å². The average Bonchev–Trinajstić information content (AvgIpc) is 2.51. The van der Waals surface area contributed by atoms with Gasteiger partial charge in [0.15, 0.2) is 5.52 Å². The minimum Gasteiger partial charge on any atom is -0.465 e. The van der Waals surface area contributed by atoms with E-state index >= 15 is 0 Å². The third kappa shape index (κ3) is 1.90. The monoisotopic (exact) mass is 319 g/mol. The van der Waals surface area contributed by atoms with Crippen LogP contribution in [0.5, 0.6) is 0 Å². The van der Waals surface area contributed by atoms with Crippen molar-refractivity contribution in [2.24, 2.45) is 0 Å². The zero-order valence-electron chi connectivity index (χ0n) is 11.6. The van der Waals surface area contributed by atoms with Gasteiger partial charge in [0.1, 0.15) is 0 Å². The Bertz CT molecular complexity index is 997. The first kappa shape index (κ1) is 14.3. The highest BCUT2D eigenvalue weighted by Gasteiger charge is 2.22. The molecular weight excluding hydrogens is 310 g/mol. The lowest BCUT2D eigenvalue weighted by atomic mass is 10.0. The van der Waals surface area contributed by atoms with Gasteiger partial charge in [-0.15, -0.1) is 9.83 Å². The van der Waals surface area contributed by atoms with E-state index in [2.05, 4.69) is 10.2 Å². The van der Waals surface area contributed by atoms with Crippen molar-refractivity contribution in [3.63, 3.8) is 0 Å². The van der Waals surface area contributed by atoms with E-state index in [0.717, 1.165) is 0 Å². The number of carbonyl (C=O) groups excluding carboxylic acids is 1. The Hall–Kier alpha value is -2.67. The molecule has 0 aliphatic heterocycles. The molecule has 0 aliphatic rings. The first-order valence-electron chi connectivity index (χ1n) is 6.24. The highest BCUT2D eigenvalue weighted by atomic mass is 35.5. The molecule has 0 bridgehead atoms. The third-order valence-electron chi connectivity index (χ3n) is 3.39. The molecule has 0 unspecified atom stereocenters. The van der Waals surface area contributed by atoms with Gasteiger partial charge in [-0.3, -0.25) is 4.79 Å². The maximum atomic E-state index is 12.2. The molecule has 0 saturated heterocycles. The SMILES string of the molecule is COC(=O)c1c(C)nnc2c(=O)n(O)c3ccc(Cl)cc3c12. The summed E-state index contributed by atoms with van der Waals surface area (Å²) in [6.45, 7) is 1.58. The van der Waals surface area contributed by atoms with Crippen LogP contribution >= 0.6 is 11.6 Å². The quantitative estimate of drug-likeness (QED) is 0.418. The number of pyridine rings is 1. The van der Waals surface area contributed by atoms with Gasteiger partial charge in [-0.1, -0.05) is 11.6 Å². The smallest absolute Gasteiger partial charge is 0.340 e. The summed E-state index contributed by atoms with van der Waals surface area (Å²) in [4.78, 5) is 24.3. The predicted octanol–water partition coefficient (Wildman–Crippen LogP) is 1.93. The van der Waals surface area contributed by atoms with Crippen molar-refractivity contribution in [3.8, 4) is 0 Å². The Kier molecular flexibility index (Phi) is 3.22. The van der Waals surface area contributed by atoms with Crippen LogP contribution in [0.3, 0.4) is 0 Å². The minimum atomic E-state index is -0.775. The Morgan fingerprint density at radius 2 is 2.09 bits per heavy atom. The van der Waals surface area contributed by atoms with Crippen LogP contribution in [0.4, 0.5) is 0 Å². The highest BCUT2D eigenvalue weighted by molar-refractivity contribution is 6.32. The van der Waals surface area contributed by atoms with E-state index in [1.54, 1.807) is 13.0 Å². The maximum absolute atomic E-state index is 12.2. The lowest BCUT2D eigenvalue weighted by Crippen LogP contribution is -2.21. The molecule has 1 N–H and O–H groups in total. The fourth-order valence-corrected chi connectivity index (χ4v) is 2.56. The standard InChI is InChI=1S/C14H10ClN3O4/c1-6-10(14(20)22-2)11-8-5-7(15)3-4-9(8)18(21)13(19)12(11)17-16-6/h3-5,21H,1-2H3. The van der Waals surface area contributed by atoms with Gasteiger partial charge in [0.05, 0.1) is 23.9 Å². The maximum Gasteiger partial charge on any atom is 0.340 e. The van der Waals surface area contributed by atoms with Crippen LogP contribution in [0.15, 0.2) is 23.0 Å². The zero-order valence-corrected chi connectivity index (χ0v) is 12.4. The minimum absolute atomic E-state index is 0.123. The molecule has 2 heterocycles. The molecule has 0 fully saturated rings. The van der Waals surface area contributed by atoms with Crippen LogP contribution in [0.25, 0.3) is 21.8 Å². The predicted molar refractivity (Wildman–Crippen MR) is 79.6 cm³/mol. The summed E-state index contributed by atoms with van der Waals surface area (Å²) in [5.41, 5.74) is -0.265. The molecule has 3 rings (SSSR count). The topological polar surface area (TPSA) is 94.3 Å². The van der Waals surface area contributed by atoms with Crippen molar-refractivity contribution in [2.45, 2.75) is 6.92 Å². The summed E-state index contributed by atoms with van der Waals surface area (Å²) >= 11 is 6.00.